The largest absolute Gasteiger partial charge is 0.389 e. The third kappa shape index (κ3) is 0.886. The van der Waals surface area contributed by atoms with Crippen LogP contribution in [0.25, 0.3) is 0 Å². The summed E-state index contributed by atoms with van der Waals surface area (Å²) in [7, 11) is 0. The molecule has 3 atom stereocenters. The number of fused-ring (bicyclic) bond motifs is 1. The second kappa shape index (κ2) is 2.57. The van der Waals surface area contributed by atoms with Crippen molar-refractivity contribution in [2.24, 2.45) is 0 Å². The molecule has 0 fully saturated rings. The van der Waals surface area contributed by atoms with Gasteiger partial charge < -0.3 is 10.2 Å². The fraction of sp³-hybridized carbons (Fsp3) is 0.400. The van der Waals surface area contributed by atoms with Crippen molar-refractivity contribution in [1.82, 2.24) is 0 Å². The van der Waals surface area contributed by atoms with Gasteiger partial charge in [-0.3, -0.25) is 0 Å². The van der Waals surface area contributed by atoms with Crippen LogP contribution < -0.4 is 0 Å². The molecule has 12 heavy (non-hydrogen) atoms. The average Bonchev–Trinajstić information content (AvgIpc) is 2.33. The van der Waals surface area contributed by atoms with Crippen LogP contribution in [-0.4, -0.2) is 16.3 Å². The van der Waals surface area contributed by atoms with Crippen LogP contribution in [-0.2, 0) is 0 Å². The molecule has 0 heterocycles. The first-order valence-electron chi connectivity index (χ1n) is 4.17. The summed E-state index contributed by atoms with van der Waals surface area (Å²) in [5, 5.41) is 19.1. The summed E-state index contributed by atoms with van der Waals surface area (Å²) in [5.41, 5.74) is 1.94. The van der Waals surface area contributed by atoms with Crippen molar-refractivity contribution >= 4 is 0 Å². The van der Waals surface area contributed by atoms with Crippen molar-refractivity contribution in [1.29, 1.82) is 0 Å². The molecule has 0 radical (unpaired) electrons. The van der Waals surface area contributed by atoms with Gasteiger partial charge >= 0.3 is 0 Å². The van der Waals surface area contributed by atoms with E-state index in [1.165, 1.54) is 0 Å². The van der Waals surface area contributed by atoms with Crippen LogP contribution in [0.1, 0.15) is 30.1 Å². The van der Waals surface area contributed by atoms with E-state index in [2.05, 4.69) is 0 Å². The summed E-state index contributed by atoms with van der Waals surface area (Å²) in [5.74, 6) is 0.0520. The van der Waals surface area contributed by atoms with E-state index in [0.717, 1.165) is 11.1 Å². The molecule has 0 spiro atoms. The number of hydrogen-bond donors (Lipinski definition) is 2. The molecule has 2 heteroatoms. The third-order valence-electron chi connectivity index (χ3n) is 2.64. The minimum absolute atomic E-state index is 0.0520. The van der Waals surface area contributed by atoms with E-state index in [-0.39, 0.29) is 5.92 Å². The second-order valence-electron chi connectivity index (χ2n) is 3.35. The first-order chi connectivity index (χ1) is 5.72. The van der Waals surface area contributed by atoms with Crippen LogP contribution in [0.4, 0.5) is 0 Å². The Labute approximate surface area is 71.5 Å². The van der Waals surface area contributed by atoms with E-state index in [9.17, 15) is 10.2 Å². The van der Waals surface area contributed by atoms with Crippen molar-refractivity contribution in [2.45, 2.75) is 25.0 Å². The summed E-state index contributed by atoms with van der Waals surface area (Å²) in [6.07, 6.45) is -1.33. The van der Waals surface area contributed by atoms with Crippen LogP contribution in [0.15, 0.2) is 24.3 Å². The lowest BCUT2D eigenvalue weighted by molar-refractivity contribution is 0.0202. The maximum Gasteiger partial charge on any atom is 0.106 e. The standard InChI is InChI=1S/C10H12O2/c1-6-7-4-2-3-5-8(7)10(12)9(6)11/h2-6,9-12H,1H3/t6-,9-,10+/m0/s1. The molecule has 1 aromatic carbocycles. The van der Waals surface area contributed by atoms with Crippen LogP contribution in [0.5, 0.6) is 0 Å². The Morgan fingerprint density at radius 3 is 2.25 bits per heavy atom. The molecule has 0 aromatic heterocycles. The van der Waals surface area contributed by atoms with Crippen LogP contribution >= 0.6 is 0 Å². The lowest BCUT2D eigenvalue weighted by atomic mass is 10.0. The highest BCUT2D eigenvalue weighted by atomic mass is 16.3. The molecule has 0 bridgehead atoms. The number of benzene rings is 1. The number of aliphatic hydroxyl groups is 2. The van der Waals surface area contributed by atoms with Crippen molar-refractivity contribution in [3.8, 4) is 0 Å². The number of hydrogen-bond acceptors (Lipinski definition) is 2. The summed E-state index contributed by atoms with van der Waals surface area (Å²) >= 11 is 0. The predicted molar refractivity (Wildman–Crippen MR) is 45.8 cm³/mol. The van der Waals surface area contributed by atoms with Crippen molar-refractivity contribution in [3.63, 3.8) is 0 Å². The van der Waals surface area contributed by atoms with Crippen molar-refractivity contribution < 1.29 is 10.2 Å². The minimum atomic E-state index is -0.698. The molecule has 0 saturated carbocycles. The smallest absolute Gasteiger partial charge is 0.106 e. The highest BCUT2D eigenvalue weighted by molar-refractivity contribution is 5.38. The Kier molecular flexibility index (Phi) is 1.67. The summed E-state index contributed by atoms with van der Waals surface area (Å²) < 4.78 is 0. The molecule has 1 aliphatic carbocycles. The second-order valence-corrected chi connectivity index (χ2v) is 3.35. The van der Waals surface area contributed by atoms with Gasteiger partial charge in [-0.2, -0.15) is 0 Å². The molecule has 0 amide bonds. The molecule has 1 aliphatic rings. The number of aliphatic hydroxyl groups excluding tert-OH is 2. The lowest BCUT2D eigenvalue weighted by Gasteiger charge is -2.11. The van der Waals surface area contributed by atoms with Gasteiger partial charge in [0.1, 0.15) is 6.10 Å². The van der Waals surface area contributed by atoms with E-state index in [0.29, 0.717) is 0 Å². The van der Waals surface area contributed by atoms with Gasteiger partial charge in [0.15, 0.2) is 0 Å². The van der Waals surface area contributed by atoms with E-state index in [1.54, 1.807) is 0 Å². The molecule has 2 nitrogen and oxygen atoms in total. The summed E-state index contributed by atoms with van der Waals surface area (Å²) in [4.78, 5) is 0. The fourth-order valence-corrected chi connectivity index (χ4v) is 1.84. The Bertz CT molecular complexity index is 267. The molecular weight excluding hydrogens is 152 g/mol. The summed E-state index contributed by atoms with van der Waals surface area (Å²) in [6, 6.07) is 7.64. The van der Waals surface area contributed by atoms with Gasteiger partial charge in [-0.05, 0) is 11.1 Å². The summed E-state index contributed by atoms with van der Waals surface area (Å²) in [6.45, 7) is 1.93. The van der Waals surface area contributed by atoms with Gasteiger partial charge in [0.2, 0.25) is 0 Å². The Morgan fingerprint density at radius 2 is 1.67 bits per heavy atom. The van der Waals surface area contributed by atoms with Gasteiger partial charge in [0.05, 0.1) is 6.10 Å². The highest BCUT2D eigenvalue weighted by Gasteiger charge is 2.35. The Morgan fingerprint density at radius 1 is 1.08 bits per heavy atom. The number of rotatable bonds is 0. The van der Waals surface area contributed by atoms with Crippen LogP contribution in [0.2, 0.25) is 0 Å². The Hall–Kier alpha value is -0.860. The zero-order valence-corrected chi connectivity index (χ0v) is 6.94. The molecular formula is C10H12O2. The monoisotopic (exact) mass is 164 g/mol. The lowest BCUT2D eigenvalue weighted by Crippen LogP contribution is -2.15. The van der Waals surface area contributed by atoms with Gasteiger partial charge in [-0.25, -0.2) is 0 Å². The maximum atomic E-state index is 9.57. The molecule has 2 rings (SSSR count). The van der Waals surface area contributed by atoms with E-state index in [1.807, 2.05) is 31.2 Å². The quantitative estimate of drug-likeness (QED) is 0.604. The van der Waals surface area contributed by atoms with Gasteiger partial charge in [-0.1, -0.05) is 31.2 Å². The molecule has 1 aromatic rings. The van der Waals surface area contributed by atoms with E-state index < -0.39 is 12.2 Å². The molecule has 2 N–H and O–H groups in total. The topological polar surface area (TPSA) is 40.5 Å². The molecule has 0 saturated heterocycles. The highest BCUT2D eigenvalue weighted by Crippen LogP contribution is 2.39. The van der Waals surface area contributed by atoms with E-state index >= 15 is 0 Å². The van der Waals surface area contributed by atoms with Crippen LogP contribution in [0.3, 0.4) is 0 Å². The molecule has 0 aliphatic heterocycles. The van der Waals surface area contributed by atoms with E-state index in [4.69, 9.17) is 0 Å². The average molecular weight is 164 g/mol. The van der Waals surface area contributed by atoms with Crippen molar-refractivity contribution in [2.75, 3.05) is 0 Å². The predicted octanol–water partition coefficient (Wildman–Crippen LogP) is 1.20. The van der Waals surface area contributed by atoms with Crippen molar-refractivity contribution in [3.05, 3.63) is 35.4 Å². The van der Waals surface area contributed by atoms with Crippen LogP contribution in [0, 0.1) is 0 Å². The zero-order chi connectivity index (χ0) is 8.72. The first kappa shape index (κ1) is 7.77. The SMILES string of the molecule is C[C@H]1c2ccccc2[C@@H](O)[C@H]1O. The third-order valence-corrected chi connectivity index (χ3v) is 2.64. The van der Waals surface area contributed by atoms with Gasteiger partial charge in [0.25, 0.3) is 0 Å². The Balaban J connectivity index is 2.52. The first-order valence-corrected chi connectivity index (χ1v) is 4.17. The fourth-order valence-electron chi connectivity index (χ4n) is 1.84. The van der Waals surface area contributed by atoms with Gasteiger partial charge in [0, 0.05) is 5.92 Å². The zero-order valence-electron chi connectivity index (χ0n) is 6.94. The molecule has 0 unspecified atom stereocenters. The normalized spacial score (nSPS) is 33.4. The minimum Gasteiger partial charge on any atom is -0.389 e. The maximum absolute atomic E-state index is 9.57. The van der Waals surface area contributed by atoms with Gasteiger partial charge in [-0.15, -0.1) is 0 Å². The molecule has 64 valence electrons.